The van der Waals surface area contributed by atoms with Crippen molar-refractivity contribution in [3.63, 3.8) is 0 Å². The number of benzene rings is 1. The average Bonchev–Trinajstić information content (AvgIpc) is 2.36. The fourth-order valence-corrected chi connectivity index (χ4v) is 1.33. The Morgan fingerprint density at radius 2 is 1.94 bits per heavy atom. The second-order valence-corrected chi connectivity index (χ2v) is 3.61. The van der Waals surface area contributed by atoms with E-state index < -0.39 is 0 Å². The van der Waals surface area contributed by atoms with E-state index in [1.807, 2.05) is 24.3 Å². The SMILES string of the molecule is CCCOc1ccc(C(=N)/C(C)=N/OC)cc1. The fraction of sp³-hybridized carbons (Fsp3) is 0.385. The number of nitrogens with zero attached hydrogens (tertiary/aromatic N) is 1. The lowest BCUT2D eigenvalue weighted by Gasteiger charge is -2.06. The highest BCUT2D eigenvalue weighted by molar-refractivity contribution is 6.46. The van der Waals surface area contributed by atoms with Crippen molar-refractivity contribution in [2.75, 3.05) is 13.7 Å². The predicted octanol–water partition coefficient (Wildman–Crippen LogP) is 2.87. The van der Waals surface area contributed by atoms with Crippen molar-refractivity contribution in [2.45, 2.75) is 20.3 Å². The predicted molar refractivity (Wildman–Crippen MR) is 69.2 cm³/mol. The summed E-state index contributed by atoms with van der Waals surface area (Å²) in [6.07, 6.45) is 0.983. The molecule has 1 N–H and O–H groups in total. The summed E-state index contributed by atoms with van der Waals surface area (Å²) in [6.45, 7) is 4.52. The molecule has 1 aromatic carbocycles. The summed E-state index contributed by atoms with van der Waals surface area (Å²) in [5.74, 6) is 0.824. The topological polar surface area (TPSA) is 54.7 Å². The van der Waals surface area contributed by atoms with Crippen LogP contribution in [0.25, 0.3) is 0 Å². The van der Waals surface area contributed by atoms with Crippen molar-refractivity contribution in [2.24, 2.45) is 5.16 Å². The highest BCUT2D eigenvalue weighted by Crippen LogP contribution is 2.13. The van der Waals surface area contributed by atoms with Gasteiger partial charge >= 0.3 is 0 Å². The van der Waals surface area contributed by atoms with E-state index >= 15 is 0 Å². The van der Waals surface area contributed by atoms with Crippen molar-refractivity contribution in [3.05, 3.63) is 29.8 Å². The highest BCUT2D eigenvalue weighted by Gasteiger charge is 2.05. The van der Waals surface area contributed by atoms with Gasteiger partial charge in [-0.25, -0.2) is 0 Å². The number of nitrogens with one attached hydrogen (secondary N) is 1. The van der Waals surface area contributed by atoms with Gasteiger partial charge in [0.05, 0.1) is 12.3 Å². The zero-order valence-corrected chi connectivity index (χ0v) is 10.5. The number of hydrogen-bond donors (Lipinski definition) is 1. The van der Waals surface area contributed by atoms with Gasteiger partial charge in [0.15, 0.2) is 0 Å². The smallest absolute Gasteiger partial charge is 0.119 e. The van der Waals surface area contributed by atoms with E-state index in [2.05, 4.69) is 16.9 Å². The normalized spacial score (nSPS) is 11.1. The molecule has 1 rings (SSSR count). The van der Waals surface area contributed by atoms with Crippen molar-refractivity contribution < 1.29 is 9.57 Å². The Labute approximate surface area is 102 Å². The lowest BCUT2D eigenvalue weighted by atomic mass is 10.1. The number of rotatable bonds is 6. The summed E-state index contributed by atoms with van der Waals surface area (Å²) in [6, 6.07) is 7.42. The first-order valence-electron chi connectivity index (χ1n) is 5.59. The van der Waals surface area contributed by atoms with Crippen LogP contribution in [0, 0.1) is 5.41 Å². The zero-order valence-electron chi connectivity index (χ0n) is 10.5. The van der Waals surface area contributed by atoms with Gasteiger partial charge in [-0.2, -0.15) is 0 Å². The standard InChI is InChI=1S/C13H18N2O2/c1-4-9-17-12-7-5-11(6-8-12)13(14)10(2)15-16-3/h5-8,14H,4,9H2,1-3H3/b14-13?,15-10+. The van der Waals surface area contributed by atoms with Crippen LogP contribution in [0.3, 0.4) is 0 Å². The molecule has 17 heavy (non-hydrogen) atoms. The molecule has 0 aliphatic rings. The van der Waals surface area contributed by atoms with Gasteiger partial charge < -0.3 is 9.57 Å². The maximum absolute atomic E-state index is 7.90. The summed E-state index contributed by atoms with van der Waals surface area (Å²) in [5.41, 5.74) is 1.70. The molecule has 0 amide bonds. The van der Waals surface area contributed by atoms with E-state index in [-0.39, 0.29) is 0 Å². The van der Waals surface area contributed by atoms with E-state index in [1.165, 1.54) is 7.11 Å². The first kappa shape index (κ1) is 13.2. The minimum Gasteiger partial charge on any atom is -0.494 e. The molecule has 0 fully saturated rings. The molecule has 0 aromatic heterocycles. The van der Waals surface area contributed by atoms with Crippen LogP contribution in [0.4, 0.5) is 0 Å². The zero-order chi connectivity index (χ0) is 12.7. The van der Waals surface area contributed by atoms with Crippen LogP contribution in [0.5, 0.6) is 5.75 Å². The van der Waals surface area contributed by atoms with E-state index in [9.17, 15) is 0 Å². The lowest BCUT2D eigenvalue weighted by molar-refractivity contribution is 0.214. The molecule has 0 bridgehead atoms. The van der Waals surface area contributed by atoms with Gasteiger partial charge in [0.2, 0.25) is 0 Å². The van der Waals surface area contributed by atoms with E-state index in [0.29, 0.717) is 18.0 Å². The summed E-state index contributed by atoms with van der Waals surface area (Å²) >= 11 is 0. The van der Waals surface area contributed by atoms with Crippen LogP contribution in [-0.2, 0) is 4.84 Å². The third kappa shape index (κ3) is 3.90. The monoisotopic (exact) mass is 234 g/mol. The summed E-state index contributed by atoms with van der Waals surface area (Å²) in [7, 11) is 1.47. The lowest BCUT2D eigenvalue weighted by Crippen LogP contribution is -2.10. The molecule has 1 aromatic rings. The Morgan fingerprint density at radius 1 is 1.29 bits per heavy atom. The van der Waals surface area contributed by atoms with Crippen LogP contribution in [0.15, 0.2) is 29.4 Å². The van der Waals surface area contributed by atoms with Crippen molar-refractivity contribution >= 4 is 11.4 Å². The summed E-state index contributed by atoms with van der Waals surface area (Å²) in [4.78, 5) is 4.65. The highest BCUT2D eigenvalue weighted by atomic mass is 16.6. The summed E-state index contributed by atoms with van der Waals surface area (Å²) in [5, 5.41) is 11.6. The maximum atomic E-state index is 7.90. The second kappa shape index (κ2) is 6.68. The molecule has 0 aliphatic heterocycles. The molecular weight excluding hydrogens is 216 g/mol. The van der Waals surface area contributed by atoms with Crippen molar-refractivity contribution in [1.82, 2.24) is 0 Å². The first-order valence-corrected chi connectivity index (χ1v) is 5.59. The molecule has 0 unspecified atom stereocenters. The van der Waals surface area contributed by atoms with Crippen molar-refractivity contribution in [3.8, 4) is 5.75 Å². The first-order chi connectivity index (χ1) is 8.19. The molecule has 4 heteroatoms. The molecule has 92 valence electrons. The van der Waals surface area contributed by atoms with Crippen LogP contribution in [-0.4, -0.2) is 25.1 Å². The Morgan fingerprint density at radius 3 is 2.47 bits per heavy atom. The van der Waals surface area contributed by atoms with Gasteiger partial charge in [0.1, 0.15) is 18.6 Å². The van der Waals surface area contributed by atoms with Crippen LogP contribution in [0.1, 0.15) is 25.8 Å². The molecular formula is C13H18N2O2. The largest absolute Gasteiger partial charge is 0.494 e. The molecule has 0 saturated heterocycles. The fourth-order valence-electron chi connectivity index (χ4n) is 1.33. The summed E-state index contributed by atoms with van der Waals surface area (Å²) < 4.78 is 5.47. The molecule has 0 heterocycles. The van der Waals surface area contributed by atoms with Gasteiger partial charge in [-0.05, 0) is 37.6 Å². The number of ether oxygens (including phenoxy) is 1. The minimum absolute atomic E-state index is 0.355. The maximum Gasteiger partial charge on any atom is 0.119 e. The van der Waals surface area contributed by atoms with E-state index in [4.69, 9.17) is 10.1 Å². The third-order valence-corrected chi connectivity index (χ3v) is 2.21. The van der Waals surface area contributed by atoms with Crippen LogP contribution < -0.4 is 4.74 Å². The van der Waals surface area contributed by atoms with Gasteiger partial charge in [0, 0.05) is 5.56 Å². The van der Waals surface area contributed by atoms with Crippen molar-refractivity contribution in [1.29, 1.82) is 5.41 Å². The Bertz CT molecular complexity index is 396. The molecule has 0 radical (unpaired) electrons. The quantitative estimate of drug-likeness (QED) is 0.607. The number of hydrogen-bond acceptors (Lipinski definition) is 4. The minimum atomic E-state index is 0.355. The van der Waals surface area contributed by atoms with E-state index in [0.717, 1.165) is 17.7 Å². The molecule has 0 aliphatic carbocycles. The van der Waals surface area contributed by atoms with Gasteiger partial charge in [0.25, 0.3) is 0 Å². The molecule has 0 atom stereocenters. The average molecular weight is 234 g/mol. The molecule has 0 spiro atoms. The second-order valence-electron chi connectivity index (χ2n) is 3.61. The Hall–Kier alpha value is -1.84. The van der Waals surface area contributed by atoms with Crippen LogP contribution in [0.2, 0.25) is 0 Å². The van der Waals surface area contributed by atoms with Gasteiger partial charge in [-0.1, -0.05) is 12.1 Å². The Kier molecular flexibility index (Phi) is 5.20. The van der Waals surface area contributed by atoms with Gasteiger partial charge in [-0.15, -0.1) is 0 Å². The number of oxime groups is 1. The third-order valence-electron chi connectivity index (χ3n) is 2.21. The molecule has 4 nitrogen and oxygen atoms in total. The Balaban J connectivity index is 2.73. The van der Waals surface area contributed by atoms with Gasteiger partial charge in [-0.3, -0.25) is 5.41 Å². The van der Waals surface area contributed by atoms with Crippen LogP contribution >= 0.6 is 0 Å². The molecule has 0 saturated carbocycles. The van der Waals surface area contributed by atoms with E-state index in [1.54, 1.807) is 6.92 Å².